The van der Waals surface area contributed by atoms with E-state index >= 15 is 0 Å². The Kier molecular flexibility index (Phi) is 6.09. The molecule has 2 rings (SSSR count). The number of halogens is 2. The first-order valence-corrected chi connectivity index (χ1v) is 8.24. The van der Waals surface area contributed by atoms with Crippen LogP contribution in [0.3, 0.4) is 0 Å². The molecule has 1 atom stereocenters. The van der Waals surface area contributed by atoms with Crippen LogP contribution in [0.25, 0.3) is 0 Å². The molecule has 2 nitrogen and oxygen atoms in total. The number of para-hydroxylation sites is 1. The molecule has 2 aromatic carbocycles. The maximum absolute atomic E-state index is 6.12. The van der Waals surface area contributed by atoms with E-state index in [0.717, 1.165) is 23.2 Å². The van der Waals surface area contributed by atoms with E-state index in [1.54, 1.807) is 0 Å². The molecule has 0 amide bonds. The first-order valence-electron chi connectivity index (χ1n) is 7.07. The number of benzene rings is 2. The summed E-state index contributed by atoms with van der Waals surface area (Å²) in [5.41, 5.74) is 1.22. The van der Waals surface area contributed by atoms with Gasteiger partial charge < -0.3 is 10.1 Å². The molecule has 21 heavy (non-hydrogen) atoms. The van der Waals surface area contributed by atoms with Crippen molar-refractivity contribution in [1.82, 2.24) is 5.32 Å². The van der Waals surface area contributed by atoms with Gasteiger partial charge in [-0.25, -0.2) is 0 Å². The van der Waals surface area contributed by atoms with Crippen LogP contribution in [0.15, 0.2) is 46.9 Å². The van der Waals surface area contributed by atoms with Gasteiger partial charge in [0, 0.05) is 6.04 Å². The van der Waals surface area contributed by atoms with Gasteiger partial charge in [0.25, 0.3) is 0 Å². The number of rotatable bonds is 6. The number of ether oxygens (including phenoxy) is 1. The summed E-state index contributed by atoms with van der Waals surface area (Å²) in [5.74, 6) is 1.42. The van der Waals surface area contributed by atoms with E-state index in [9.17, 15) is 0 Å². The molecule has 2 aromatic rings. The second-order valence-electron chi connectivity index (χ2n) is 4.90. The molecule has 1 unspecified atom stereocenters. The monoisotopic (exact) mass is 367 g/mol. The van der Waals surface area contributed by atoms with Crippen LogP contribution in [-0.2, 0) is 0 Å². The van der Waals surface area contributed by atoms with E-state index in [-0.39, 0.29) is 0 Å². The Labute approximate surface area is 139 Å². The molecular formula is C17H19BrClNO. The van der Waals surface area contributed by atoms with Gasteiger partial charge in [-0.3, -0.25) is 0 Å². The van der Waals surface area contributed by atoms with Crippen molar-refractivity contribution in [3.8, 4) is 11.5 Å². The van der Waals surface area contributed by atoms with Crippen molar-refractivity contribution in [1.29, 1.82) is 0 Å². The normalized spacial score (nSPS) is 12.2. The van der Waals surface area contributed by atoms with E-state index in [0.29, 0.717) is 16.8 Å². The minimum atomic E-state index is 0.315. The molecule has 0 radical (unpaired) electrons. The number of nitrogens with one attached hydrogen (secondary N) is 1. The molecule has 0 fully saturated rings. The molecule has 0 aromatic heterocycles. The van der Waals surface area contributed by atoms with Gasteiger partial charge in [0.15, 0.2) is 0 Å². The highest BCUT2D eigenvalue weighted by molar-refractivity contribution is 9.10. The fourth-order valence-electron chi connectivity index (χ4n) is 1.99. The average Bonchev–Trinajstić information content (AvgIpc) is 2.49. The van der Waals surface area contributed by atoms with Crippen LogP contribution in [0.2, 0.25) is 5.02 Å². The minimum absolute atomic E-state index is 0.315. The number of hydrogen-bond donors (Lipinski definition) is 1. The second-order valence-corrected chi connectivity index (χ2v) is 6.16. The van der Waals surface area contributed by atoms with Crippen LogP contribution in [0, 0.1) is 0 Å². The van der Waals surface area contributed by atoms with Gasteiger partial charge in [-0.1, -0.05) is 36.7 Å². The first kappa shape index (κ1) is 16.3. The van der Waals surface area contributed by atoms with Crippen LogP contribution >= 0.6 is 27.5 Å². The molecule has 0 aliphatic heterocycles. The fourth-order valence-corrected chi connectivity index (χ4v) is 2.65. The Morgan fingerprint density at radius 1 is 1.19 bits per heavy atom. The molecule has 0 aliphatic carbocycles. The van der Waals surface area contributed by atoms with Crippen molar-refractivity contribution in [3.63, 3.8) is 0 Å². The van der Waals surface area contributed by atoms with Crippen LogP contribution < -0.4 is 10.1 Å². The molecule has 4 heteroatoms. The summed E-state index contributed by atoms with van der Waals surface area (Å²) >= 11 is 9.68. The van der Waals surface area contributed by atoms with Crippen molar-refractivity contribution in [2.24, 2.45) is 0 Å². The van der Waals surface area contributed by atoms with Gasteiger partial charge in [-0.2, -0.15) is 0 Å². The lowest BCUT2D eigenvalue weighted by atomic mass is 10.1. The van der Waals surface area contributed by atoms with Crippen LogP contribution in [0.5, 0.6) is 11.5 Å². The Morgan fingerprint density at radius 2 is 1.95 bits per heavy atom. The van der Waals surface area contributed by atoms with Crippen molar-refractivity contribution in [3.05, 3.63) is 57.5 Å². The van der Waals surface area contributed by atoms with Crippen molar-refractivity contribution < 1.29 is 4.74 Å². The molecule has 0 saturated carbocycles. The maximum atomic E-state index is 6.12. The zero-order chi connectivity index (χ0) is 15.2. The third kappa shape index (κ3) is 4.47. The minimum Gasteiger partial charge on any atom is -0.455 e. The molecule has 0 bridgehead atoms. The SMILES string of the molecule is CCCNC(C)c1ccc(Oc2ccccc2Cl)c(Br)c1. The molecule has 0 aliphatic rings. The molecule has 0 spiro atoms. The van der Waals surface area contributed by atoms with Gasteiger partial charge in [0.1, 0.15) is 11.5 Å². The first-order chi connectivity index (χ1) is 10.1. The highest BCUT2D eigenvalue weighted by Gasteiger charge is 2.10. The zero-order valence-corrected chi connectivity index (χ0v) is 14.5. The van der Waals surface area contributed by atoms with E-state index in [2.05, 4.69) is 47.2 Å². The topological polar surface area (TPSA) is 21.3 Å². The average molecular weight is 369 g/mol. The summed E-state index contributed by atoms with van der Waals surface area (Å²) < 4.78 is 6.78. The van der Waals surface area contributed by atoms with Crippen molar-refractivity contribution in [2.45, 2.75) is 26.3 Å². The predicted octanol–water partition coefficient (Wildman–Crippen LogP) is 5.96. The summed E-state index contributed by atoms with van der Waals surface area (Å²) in [6.45, 7) is 5.33. The lowest BCUT2D eigenvalue weighted by Crippen LogP contribution is -2.19. The summed E-state index contributed by atoms with van der Waals surface area (Å²) in [7, 11) is 0. The van der Waals surface area contributed by atoms with Gasteiger partial charge in [0.05, 0.1) is 9.50 Å². The molecule has 0 heterocycles. The zero-order valence-electron chi connectivity index (χ0n) is 12.2. The van der Waals surface area contributed by atoms with Gasteiger partial charge >= 0.3 is 0 Å². The molecule has 112 valence electrons. The fraction of sp³-hybridized carbons (Fsp3) is 0.294. The standard InChI is InChI=1S/C17H19BrClNO/c1-3-10-20-12(2)13-8-9-16(14(18)11-13)21-17-7-5-4-6-15(17)19/h4-9,11-12,20H,3,10H2,1-2H3. The summed E-state index contributed by atoms with van der Waals surface area (Å²) in [6, 6.07) is 13.9. The molecule has 1 N–H and O–H groups in total. The predicted molar refractivity (Wildman–Crippen MR) is 92.4 cm³/mol. The lowest BCUT2D eigenvalue weighted by molar-refractivity contribution is 0.479. The highest BCUT2D eigenvalue weighted by atomic mass is 79.9. The van der Waals surface area contributed by atoms with Crippen LogP contribution in [0.1, 0.15) is 31.9 Å². The molecule has 0 saturated heterocycles. The largest absolute Gasteiger partial charge is 0.455 e. The number of hydrogen-bond acceptors (Lipinski definition) is 2. The van der Waals surface area contributed by atoms with E-state index in [1.807, 2.05) is 30.3 Å². The van der Waals surface area contributed by atoms with Gasteiger partial charge in [-0.05, 0) is 65.6 Å². The smallest absolute Gasteiger partial charge is 0.146 e. The third-order valence-corrected chi connectivity index (χ3v) is 4.14. The molecular weight excluding hydrogens is 350 g/mol. The van der Waals surface area contributed by atoms with Gasteiger partial charge in [-0.15, -0.1) is 0 Å². The van der Waals surface area contributed by atoms with Crippen molar-refractivity contribution >= 4 is 27.5 Å². The Morgan fingerprint density at radius 3 is 2.62 bits per heavy atom. The lowest BCUT2D eigenvalue weighted by Gasteiger charge is -2.16. The second kappa shape index (κ2) is 7.83. The van der Waals surface area contributed by atoms with E-state index in [1.165, 1.54) is 5.56 Å². The quantitative estimate of drug-likeness (QED) is 0.679. The Bertz CT molecular complexity index is 603. The summed E-state index contributed by atoms with van der Waals surface area (Å²) in [6.07, 6.45) is 1.12. The van der Waals surface area contributed by atoms with Crippen LogP contribution in [0.4, 0.5) is 0 Å². The maximum Gasteiger partial charge on any atom is 0.146 e. The Balaban J connectivity index is 2.14. The van der Waals surface area contributed by atoms with E-state index in [4.69, 9.17) is 16.3 Å². The third-order valence-electron chi connectivity index (χ3n) is 3.21. The van der Waals surface area contributed by atoms with Crippen molar-refractivity contribution in [2.75, 3.05) is 6.54 Å². The Hall–Kier alpha value is -1.03. The summed E-state index contributed by atoms with van der Waals surface area (Å²) in [4.78, 5) is 0. The van der Waals surface area contributed by atoms with Gasteiger partial charge in [0.2, 0.25) is 0 Å². The summed E-state index contributed by atoms with van der Waals surface area (Å²) in [5, 5.41) is 4.07. The highest BCUT2D eigenvalue weighted by Crippen LogP contribution is 2.34. The van der Waals surface area contributed by atoms with Crippen LogP contribution in [-0.4, -0.2) is 6.54 Å². The van der Waals surface area contributed by atoms with E-state index < -0.39 is 0 Å².